The molecule has 1 rings (SSSR count). The van der Waals surface area contributed by atoms with Crippen LogP contribution in [0.2, 0.25) is 0 Å². The summed E-state index contributed by atoms with van der Waals surface area (Å²) in [6.45, 7) is 9.78. The van der Waals surface area contributed by atoms with Gasteiger partial charge in [0.05, 0.1) is 5.75 Å². The molecule has 0 saturated carbocycles. The minimum atomic E-state index is -3.15. The van der Waals surface area contributed by atoms with Crippen molar-refractivity contribution in [1.82, 2.24) is 14.9 Å². The summed E-state index contributed by atoms with van der Waals surface area (Å²) >= 11 is 0. The molecule has 1 amide bonds. The third-order valence-electron chi connectivity index (χ3n) is 3.57. The molecule has 0 bridgehead atoms. The number of nitrogens with one attached hydrogen (secondary N) is 2. The zero-order valence-corrected chi connectivity index (χ0v) is 14.4. The summed E-state index contributed by atoms with van der Waals surface area (Å²) in [4.78, 5) is 13.9. The maximum absolute atomic E-state index is 12.1. The predicted molar refractivity (Wildman–Crippen MR) is 84.6 cm³/mol. The molecule has 1 aliphatic heterocycles. The second-order valence-electron chi connectivity index (χ2n) is 6.60. The van der Waals surface area contributed by atoms with Crippen LogP contribution in [0.1, 0.15) is 47.0 Å². The van der Waals surface area contributed by atoms with E-state index in [1.54, 1.807) is 6.92 Å². The van der Waals surface area contributed by atoms with Gasteiger partial charge in [-0.05, 0) is 40.5 Å². The van der Waals surface area contributed by atoms with Gasteiger partial charge in [-0.25, -0.2) is 13.1 Å². The number of sulfonamides is 1. The topological polar surface area (TPSA) is 78.5 Å². The number of hydrogen-bond acceptors (Lipinski definition) is 4. The number of likely N-dealkylation sites (tertiary alicyclic amines) is 1. The fourth-order valence-corrected chi connectivity index (χ4v) is 3.20. The highest BCUT2D eigenvalue weighted by molar-refractivity contribution is 7.89. The minimum absolute atomic E-state index is 0.0195. The van der Waals surface area contributed by atoms with E-state index in [2.05, 4.69) is 30.8 Å². The van der Waals surface area contributed by atoms with Crippen molar-refractivity contribution in [3.8, 4) is 0 Å². The summed E-state index contributed by atoms with van der Waals surface area (Å²) in [6.07, 6.45) is 1.87. The summed E-state index contributed by atoms with van der Waals surface area (Å²) in [5.74, 6) is 0.244. The van der Waals surface area contributed by atoms with Gasteiger partial charge in [-0.2, -0.15) is 0 Å². The van der Waals surface area contributed by atoms with Gasteiger partial charge in [-0.3, -0.25) is 4.79 Å². The second kappa shape index (κ2) is 7.56. The van der Waals surface area contributed by atoms with E-state index in [4.69, 9.17) is 0 Å². The first-order chi connectivity index (χ1) is 9.63. The van der Waals surface area contributed by atoms with E-state index < -0.39 is 10.0 Å². The molecular formula is C14H29N3O3S. The summed E-state index contributed by atoms with van der Waals surface area (Å²) in [7, 11) is -3.15. The monoisotopic (exact) mass is 319 g/mol. The average molecular weight is 319 g/mol. The average Bonchev–Trinajstić information content (AvgIpc) is 2.37. The molecule has 7 heteroatoms. The highest BCUT2D eigenvalue weighted by atomic mass is 32.2. The Morgan fingerprint density at radius 3 is 2.29 bits per heavy atom. The number of hydrogen-bond donors (Lipinski definition) is 2. The van der Waals surface area contributed by atoms with Gasteiger partial charge < -0.3 is 10.2 Å². The van der Waals surface area contributed by atoms with E-state index in [0.717, 1.165) is 0 Å². The minimum Gasteiger partial charge on any atom is -0.343 e. The largest absolute Gasteiger partial charge is 0.343 e. The Labute approximate surface area is 128 Å². The smallest absolute Gasteiger partial charge is 0.223 e. The van der Waals surface area contributed by atoms with Gasteiger partial charge in [0.15, 0.2) is 0 Å². The van der Waals surface area contributed by atoms with Crippen LogP contribution in [0.15, 0.2) is 0 Å². The van der Waals surface area contributed by atoms with Crippen molar-refractivity contribution >= 4 is 15.9 Å². The third-order valence-corrected chi connectivity index (χ3v) is 5.02. The maximum atomic E-state index is 12.1. The molecule has 0 spiro atoms. The Morgan fingerprint density at radius 2 is 1.81 bits per heavy atom. The molecule has 124 valence electrons. The van der Waals surface area contributed by atoms with Gasteiger partial charge >= 0.3 is 0 Å². The first-order valence-electron chi connectivity index (χ1n) is 7.66. The summed E-state index contributed by atoms with van der Waals surface area (Å²) in [5.41, 5.74) is 0.0195. The Morgan fingerprint density at radius 1 is 1.24 bits per heavy atom. The van der Waals surface area contributed by atoms with Gasteiger partial charge in [0.2, 0.25) is 15.9 Å². The molecule has 0 aromatic carbocycles. The van der Waals surface area contributed by atoms with Crippen LogP contribution in [0.4, 0.5) is 0 Å². The molecule has 1 saturated heterocycles. The van der Waals surface area contributed by atoms with Crippen LogP contribution >= 0.6 is 0 Å². The van der Waals surface area contributed by atoms with Crippen molar-refractivity contribution in [1.29, 1.82) is 0 Å². The molecule has 0 atom stereocenters. The molecule has 0 aromatic rings. The normalized spacial score (nSPS) is 18.0. The Balaban J connectivity index is 2.31. The number of carbonyl (C=O) groups excluding carboxylic acids is 1. The van der Waals surface area contributed by atoms with Crippen molar-refractivity contribution < 1.29 is 13.2 Å². The lowest BCUT2D eigenvalue weighted by Crippen LogP contribution is -2.47. The lowest BCUT2D eigenvalue weighted by atomic mass is 10.1. The highest BCUT2D eigenvalue weighted by Crippen LogP contribution is 2.12. The predicted octanol–water partition coefficient (Wildman–Crippen LogP) is 0.695. The molecule has 0 radical (unpaired) electrons. The highest BCUT2D eigenvalue weighted by Gasteiger charge is 2.25. The molecule has 21 heavy (non-hydrogen) atoms. The van der Waals surface area contributed by atoms with Crippen molar-refractivity contribution in [2.24, 2.45) is 0 Å². The summed E-state index contributed by atoms with van der Waals surface area (Å²) in [6, 6.07) is -0.0355. The van der Waals surface area contributed by atoms with E-state index in [-0.39, 0.29) is 23.2 Å². The van der Waals surface area contributed by atoms with E-state index in [0.29, 0.717) is 38.9 Å². The van der Waals surface area contributed by atoms with Gasteiger partial charge in [-0.15, -0.1) is 0 Å². The molecule has 2 N–H and O–H groups in total. The number of nitrogens with zero attached hydrogens (tertiary/aromatic N) is 1. The van der Waals surface area contributed by atoms with Crippen LogP contribution < -0.4 is 10.0 Å². The molecule has 1 aliphatic rings. The Bertz CT molecular complexity index is 435. The van der Waals surface area contributed by atoms with Gasteiger partial charge in [-0.1, -0.05) is 0 Å². The molecule has 0 aliphatic carbocycles. The lowest BCUT2D eigenvalue weighted by Gasteiger charge is -2.32. The van der Waals surface area contributed by atoms with Crippen molar-refractivity contribution in [2.75, 3.05) is 25.4 Å². The fraction of sp³-hybridized carbons (Fsp3) is 0.929. The second-order valence-corrected chi connectivity index (χ2v) is 8.65. The van der Waals surface area contributed by atoms with Crippen LogP contribution in [0.5, 0.6) is 0 Å². The zero-order chi connectivity index (χ0) is 16.1. The zero-order valence-electron chi connectivity index (χ0n) is 13.6. The van der Waals surface area contributed by atoms with Crippen LogP contribution in [0.25, 0.3) is 0 Å². The van der Waals surface area contributed by atoms with Crippen molar-refractivity contribution in [2.45, 2.75) is 58.5 Å². The van der Waals surface area contributed by atoms with Gasteiger partial charge in [0.1, 0.15) is 0 Å². The quantitative estimate of drug-likeness (QED) is 0.755. The Kier molecular flexibility index (Phi) is 6.62. The standard InChI is InChI=1S/C14H29N3O3S/c1-5-21(19,20)16-12-7-10-17(11-8-12)13(18)6-9-15-14(2,3)4/h12,15-16H,5-11H2,1-4H3. The molecule has 0 unspecified atom stereocenters. The fourth-order valence-electron chi connectivity index (χ4n) is 2.29. The maximum Gasteiger partial charge on any atom is 0.223 e. The summed E-state index contributed by atoms with van der Waals surface area (Å²) in [5, 5.41) is 3.30. The van der Waals surface area contributed by atoms with Crippen molar-refractivity contribution in [3.63, 3.8) is 0 Å². The van der Waals surface area contributed by atoms with E-state index in [1.807, 2.05) is 4.90 Å². The van der Waals surface area contributed by atoms with E-state index in [1.165, 1.54) is 0 Å². The molecule has 0 aromatic heterocycles. The SMILES string of the molecule is CCS(=O)(=O)NC1CCN(C(=O)CCNC(C)(C)C)CC1. The van der Waals surface area contributed by atoms with Crippen LogP contribution in [-0.2, 0) is 14.8 Å². The van der Waals surface area contributed by atoms with Crippen LogP contribution in [-0.4, -0.2) is 56.2 Å². The molecule has 6 nitrogen and oxygen atoms in total. The number of carbonyl (C=O) groups is 1. The van der Waals surface area contributed by atoms with Gasteiger partial charge in [0, 0.05) is 37.6 Å². The van der Waals surface area contributed by atoms with E-state index >= 15 is 0 Å². The number of piperidine rings is 1. The van der Waals surface area contributed by atoms with Crippen LogP contribution in [0, 0.1) is 0 Å². The molecule has 1 fully saturated rings. The first kappa shape index (κ1) is 18.4. The van der Waals surface area contributed by atoms with Crippen molar-refractivity contribution in [3.05, 3.63) is 0 Å². The van der Waals surface area contributed by atoms with Gasteiger partial charge in [0.25, 0.3) is 0 Å². The van der Waals surface area contributed by atoms with Crippen LogP contribution in [0.3, 0.4) is 0 Å². The first-order valence-corrected chi connectivity index (χ1v) is 9.31. The third kappa shape index (κ3) is 7.24. The lowest BCUT2D eigenvalue weighted by molar-refractivity contribution is -0.132. The molecular weight excluding hydrogens is 290 g/mol. The summed E-state index contributed by atoms with van der Waals surface area (Å²) < 4.78 is 25.7. The number of rotatable bonds is 6. The van der Waals surface area contributed by atoms with E-state index in [9.17, 15) is 13.2 Å². The molecule has 1 heterocycles. The Hall–Kier alpha value is -0.660. The number of amides is 1.